The zero-order valence-corrected chi connectivity index (χ0v) is 14.4. The van der Waals surface area contributed by atoms with Crippen LogP contribution >= 0.6 is 0 Å². The minimum atomic E-state index is -1.21. The molecule has 1 atom stereocenters. The van der Waals surface area contributed by atoms with Crippen molar-refractivity contribution in [2.75, 3.05) is 5.32 Å². The molecule has 0 aliphatic heterocycles. The van der Waals surface area contributed by atoms with Gasteiger partial charge in [0.1, 0.15) is 23.0 Å². The van der Waals surface area contributed by atoms with Crippen LogP contribution in [0.15, 0.2) is 18.3 Å². The predicted octanol–water partition coefficient (Wildman–Crippen LogP) is 2.27. The van der Waals surface area contributed by atoms with E-state index in [1.807, 2.05) is 0 Å². The average molecular weight is 337 g/mol. The molecule has 1 rings (SSSR count). The number of anilines is 1. The summed E-state index contributed by atoms with van der Waals surface area (Å²) >= 11 is 0. The molecule has 0 bridgehead atoms. The molecule has 0 saturated carbocycles. The van der Waals surface area contributed by atoms with Crippen molar-refractivity contribution in [1.29, 1.82) is 0 Å². The summed E-state index contributed by atoms with van der Waals surface area (Å²) in [6.07, 6.45) is 0.643. The molecule has 0 fully saturated rings. The molecule has 0 unspecified atom stereocenters. The Morgan fingerprint density at radius 3 is 2.38 bits per heavy atom. The van der Waals surface area contributed by atoms with Crippen LogP contribution in [-0.2, 0) is 9.53 Å². The number of aromatic carboxylic acids is 1. The number of pyridine rings is 1. The van der Waals surface area contributed by atoms with Crippen molar-refractivity contribution in [3.8, 4) is 0 Å². The fourth-order valence-electron chi connectivity index (χ4n) is 1.84. The second kappa shape index (κ2) is 7.76. The molecule has 0 aromatic carbocycles. The molecule has 0 aliphatic rings. The lowest BCUT2D eigenvalue weighted by Gasteiger charge is -2.25. The number of carboxylic acids is 1. The normalized spacial score (nSPS) is 12.4. The van der Waals surface area contributed by atoms with Gasteiger partial charge in [-0.2, -0.15) is 0 Å². The first-order chi connectivity index (χ1) is 11.0. The topological polar surface area (TPSA) is 118 Å². The van der Waals surface area contributed by atoms with Gasteiger partial charge in [0, 0.05) is 6.20 Å². The number of amides is 2. The highest BCUT2D eigenvalue weighted by atomic mass is 16.6. The Morgan fingerprint density at radius 1 is 1.25 bits per heavy atom. The molecule has 0 saturated heterocycles. The van der Waals surface area contributed by atoms with E-state index in [9.17, 15) is 14.4 Å². The monoisotopic (exact) mass is 337 g/mol. The highest BCUT2D eigenvalue weighted by Gasteiger charge is 2.28. The van der Waals surface area contributed by atoms with Gasteiger partial charge in [0.25, 0.3) is 0 Å². The van der Waals surface area contributed by atoms with Gasteiger partial charge in [-0.3, -0.25) is 4.79 Å². The minimum Gasteiger partial charge on any atom is -0.478 e. The number of aromatic nitrogens is 1. The highest BCUT2D eigenvalue weighted by molar-refractivity contribution is 6.01. The van der Waals surface area contributed by atoms with Crippen LogP contribution in [0.3, 0.4) is 0 Å². The number of hydrogen-bond donors (Lipinski definition) is 3. The van der Waals surface area contributed by atoms with Crippen molar-refractivity contribution in [2.24, 2.45) is 5.92 Å². The summed E-state index contributed by atoms with van der Waals surface area (Å²) in [5.41, 5.74) is -0.829. The fourth-order valence-corrected chi connectivity index (χ4v) is 1.84. The number of nitrogens with zero attached hydrogens (tertiary/aromatic N) is 1. The van der Waals surface area contributed by atoms with Crippen molar-refractivity contribution in [1.82, 2.24) is 10.3 Å². The van der Waals surface area contributed by atoms with E-state index in [0.717, 1.165) is 0 Å². The Morgan fingerprint density at radius 2 is 1.88 bits per heavy atom. The fraction of sp³-hybridized carbons (Fsp3) is 0.500. The third-order valence-corrected chi connectivity index (χ3v) is 2.90. The summed E-state index contributed by atoms with van der Waals surface area (Å²) in [6, 6.07) is 1.89. The first-order valence-corrected chi connectivity index (χ1v) is 7.50. The van der Waals surface area contributed by atoms with Gasteiger partial charge in [-0.25, -0.2) is 14.6 Å². The van der Waals surface area contributed by atoms with Crippen molar-refractivity contribution in [3.05, 3.63) is 23.9 Å². The molecule has 0 aliphatic carbocycles. The van der Waals surface area contributed by atoms with Gasteiger partial charge in [0.2, 0.25) is 5.91 Å². The van der Waals surface area contributed by atoms with Gasteiger partial charge in [0.15, 0.2) is 0 Å². The van der Waals surface area contributed by atoms with Crippen LogP contribution in [0.4, 0.5) is 10.6 Å². The van der Waals surface area contributed by atoms with Crippen molar-refractivity contribution in [2.45, 2.75) is 46.3 Å². The summed E-state index contributed by atoms with van der Waals surface area (Å²) in [6.45, 7) is 8.63. The van der Waals surface area contributed by atoms with E-state index < -0.39 is 29.6 Å². The molecule has 24 heavy (non-hydrogen) atoms. The molecule has 132 valence electrons. The van der Waals surface area contributed by atoms with Gasteiger partial charge < -0.3 is 20.5 Å². The summed E-state index contributed by atoms with van der Waals surface area (Å²) in [4.78, 5) is 39.3. The summed E-state index contributed by atoms with van der Waals surface area (Å²) in [7, 11) is 0. The van der Waals surface area contributed by atoms with Gasteiger partial charge in [0.05, 0.1) is 0 Å². The quantitative estimate of drug-likeness (QED) is 0.758. The summed E-state index contributed by atoms with van der Waals surface area (Å²) < 4.78 is 5.14. The Balaban J connectivity index is 2.89. The number of carbonyl (C=O) groups is 3. The SMILES string of the molecule is CC(C)[C@H](NC(=O)OC(C)(C)C)C(=O)Nc1ncccc1C(=O)O. The first kappa shape index (κ1) is 19.4. The second-order valence-electron chi connectivity index (χ2n) is 6.56. The molecule has 1 aromatic rings. The largest absolute Gasteiger partial charge is 0.478 e. The van der Waals surface area contributed by atoms with E-state index in [1.54, 1.807) is 34.6 Å². The minimum absolute atomic E-state index is 0.0772. The molecule has 1 heterocycles. The molecular formula is C16H23N3O5. The molecule has 1 aromatic heterocycles. The van der Waals surface area contributed by atoms with Crippen molar-refractivity contribution < 1.29 is 24.2 Å². The van der Waals surface area contributed by atoms with Crippen LogP contribution in [-0.4, -0.2) is 39.7 Å². The van der Waals surface area contributed by atoms with Crippen LogP contribution in [0.2, 0.25) is 0 Å². The molecule has 0 radical (unpaired) electrons. The smallest absolute Gasteiger partial charge is 0.408 e. The van der Waals surface area contributed by atoms with Crippen molar-refractivity contribution >= 4 is 23.8 Å². The maximum atomic E-state index is 12.4. The lowest BCUT2D eigenvalue weighted by Crippen LogP contribution is -2.48. The van der Waals surface area contributed by atoms with Crippen LogP contribution < -0.4 is 10.6 Å². The van der Waals surface area contributed by atoms with Gasteiger partial charge >= 0.3 is 12.1 Å². The lowest BCUT2D eigenvalue weighted by molar-refractivity contribution is -0.119. The van der Waals surface area contributed by atoms with Gasteiger partial charge in [-0.1, -0.05) is 13.8 Å². The Labute approximate surface area is 140 Å². The van der Waals surface area contributed by atoms with Gasteiger partial charge in [-0.15, -0.1) is 0 Å². The highest BCUT2D eigenvalue weighted by Crippen LogP contribution is 2.14. The number of alkyl carbamates (subject to hydrolysis) is 1. The molecule has 8 heteroatoms. The Hall–Kier alpha value is -2.64. The van der Waals surface area contributed by atoms with Gasteiger partial charge in [-0.05, 0) is 38.8 Å². The molecular weight excluding hydrogens is 314 g/mol. The van der Waals surface area contributed by atoms with E-state index in [2.05, 4.69) is 15.6 Å². The number of hydrogen-bond acceptors (Lipinski definition) is 5. The Bertz CT molecular complexity index is 622. The number of carboxylic acid groups (broad SMARTS) is 1. The molecule has 2 amide bonds. The van der Waals surface area contributed by atoms with E-state index in [4.69, 9.17) is 9.84 Å². The van der Waals surface area contributed by atoms with E-state index >= 15 is 0 Å². The van der Waals surface area contributed by atoms with Crippen molar-refractivity contribution in [3.63, 3.8) is 0 Å². The predicted molar refractivity (Wildman–Crippen MR) is 87.8 cm³/mol. The standard InChI is InChI=1S/C16H23N3O5/c1-9(2)11(18-15(23)24-16(3,4)5)13(20)19-12-10(14(21)22)7-6-8-17-12/h6-9,11H,1-5H3,(H,18,23)(H,21,22)(H,17,19,20)/t11-/m0/s1. The molecule has 0 spiro atoms. The maximum absolute atomic E-state index is 12.4. The number of rotatable bonds is 5. The third-order valence-electron chi connectivity index (χ3n) is 2.90. The van der Waals surface area contributed by atoms with Crippen LogP contribution in [0.5, 0.6) is 0 Å². The number of carbonyl (C=O) groups excluding carboxylic acids is 2. The van der Waals surface area contributed by atoms with Crippen LogP contribution in [0.1, 0.15) is 45.0 Å². The average Bonchev–Trinajstić information content (AvgIpc) is 2.42. The lowest BCUT2D eigenvalue weighted by atomic mass is 10.0. The third kappa shape index (κ3) is 5.86. The number of ether oxygens (including phenoxy) is 1. The maximum Gasteiger partial charge on any atom is 0.408 e. The van der Waals surface area contributed by atoms with Crippen LogP contribution in [0, 0.1) is 5.92 Å². The zero-order chi connectivity index (χ0) is 18.5. The molecule has 8 nitrogen and oxygen atoms in total. The first-order valence-electron chi connectivity index (χ1n) is 7.50. The second-order valence-corrected chi connectivity index (χ2v) is 6.56. The van der Waals surface area contributed by atoms with Crippen LogP contribution in [0.25, 0.3) is 0 Å². The Kier molecular flexibility index (Phi) is 6.27. The van der Waals surface area contributed by atoms with E-state index in [-0.39, 0.29) is 17.3 Å². The summed E-state index contributed by atoms with van der Waals surface area (Å²) in [5.74, 6) is -2.10. The summed E-state index contributed by atoms with van der Waals surface area (Å²) in [5, 5.41) is 14.1. The van der Waals surface area contributed by atoms with E-state index in [1.165, 1.54) is 18.3 Å². The number of nitrogens with one attached hydrogen (secondary N) is 2. The molecule has 3 N–H and O–H groups in total. The zero-order valence-electron chi connectivity index (χ0n) is 14.4. The van der Waals surface area contributed by atoms with E-state index in [0.29, 0.717) is 0 Å².